The molecule has 2 rings (SSSR count). The van der Waals surface area contributed by atoms with Crippen LogP contribution in [0.25, 0.3) is 0 Å². The van der Waals surface area contributed by atoms with E-state index in [1.165, 1.54) is 30.9 Å². The van der Waals surface area contributed by atoms with Gasteiger partial charge in [0.15, 0.2) is 0 Å². The van der Waals surface area contributed by atoms with Gasteiger partial charge >= 0.3 is 24.1 Å². The van der Waals surface area contributed by atoms with Crippen molar-refractivity contribution in [3.63, 3.8) is 0 Å². The fraction of sp³-hybridized carbons (Fsp3) is 0.688. The van der Waals surface area contributed by atoms with Gasteiger partial charge in [-0.2, -0.15) is 0 Å². The van der Waals surface area contributed by atoms with Crippen LogP contribution < -0.4 is 0 Å². The average Bonchev–Trinajstić information content (AvgIpc) is 2.62. The third-order valence-electron chi connectivity index (χ3n) is 4.38. The molecule has 8 amide bonds. The Labute approximate surface area is 155 Å². The third-order valence-corrected chi connectivity index (χ3v) is 4.38. The second kappa shape index (κ2) is 8.63. The van der Waals surface area contributed by atoms with Crippen LogP contribution in [-0.4, -0.2) is 102 Å². The van der Waals surface area contributed by atoms with Crippen molar-refractivity contribution in [2.45, 2.75) is 33.4 Å². The maximum atomic E-state index is 11.5. The minimum Gasteiger partial charge on any atom is -0.305 e. The summed E-state index contributed by atoms with van der Waals surface area (Å²) in [5.41, 5.74) is 0.575. The number of aliphatic imine (C=N–C) groups is 1. The molecule has 0 aromatic heterocycles. The van der Waals surface area contributed by atoms with E-state index in [0.29, 0.717) is 0 Å². The van der Waals surface area contributed by atoms with Gasteiger partial charge in [0.05, 0.1) is 0 Å². The summed E-state index contributed by atoms with van der Waals surface area (Å²) in [4.78, 5) is 53.9. The Kier molecular flexibility index (Phi) is 7.75. The summed E-state index contributed by atoms with van der Waals surface area (Å²) in [5, 5.41) is 0. The summed E-state index contributed by atoms with van der Waals surface area (Å²) in [6.07, 6.45) is 0. The minimum atomic E-state index is -0.555. The molecule has 148 valence electrons. The molecular weight excluding hydrogens is 340 g/mol. The van der Waals surface area contributed by atoms with Gasteiger partial charge in [-0.25, -0.2) is 33.9 Å². The summed E-state index contributed by atoms with van der Waals surface area (Å²) in [7, 11) is 9.53. The van der Waals surface area contributed by atoms with Gasteiger partial charge in [-0.1, -0.05) is 0 Å². The smallest absolute Gasteiger partial charge is 0.305 e. The molecule has 0 atom stereocenters. The van der Waals surface area contributed by atoms with Crippen molar-refractivity contribution in [1.29, 1.82) is 0 Å². The van der Waals surface area contributed by atoms with Crippen molar-refractivity contribution in [2.24, 2.45) is 4.99 Å². The zero-order chi connectivity index (χ0) is 21.0. The predicted molar refractivity (Wildman–Crippen MR) is 99.2 cm³/mol. The van der Waals surface area contributed by atoms with Crippen molar-refractivity contribution in [3.8, 4) is 0 Å². The maximum absolute atomic E-state index is 11.5. The number of urea groups is 4. The first-order chi connectivity index (χ1) is 11.7. The predicted octanol–water partition coefficient (Wildman–Crippen LogP) is 1.97. The van der Waals surface area contributed by atoms with E-state index in [1.807, 2.05) is 27.7 Å². The summed E-state index contributed by atoms with van der Waals surface area (Å²) in [6, 6.07) is -1.02. The molecule has 2 heterocycles. The zero-order valence-electron chi connectivity index (χ0n) is 17.3. The summed E-state index contributed by atoms with van der Waals surface area (Å²) >= 11 is 0. The molecule has 2 fully saturated rings. The molecule has 0 aromatic rings. The van der Waals surface area contributed by atoms with Crippen LogP contribution in [0.4, 0.5) is 19.2 Å². The maximum Gasteiger partial charge on any atom is 0.335 e. The quantitative estimate of drug-likeness (QED) is 0.609. The van der Waals surface area contributed by atoms with E-state index in [1.54, 1.807) is 21.1 Å². The van der Waals surface area contributed by atoms with Crippen molar-refractivity contribution in [3.05, 3.63) is 0 Å². The molecule has 0 spiro atoms. The number of hydrogen-bond donors (Lipinski definition) is 0. The van der Waals surface area contributed by atoms with Gasteiger partial charge in [0, 0.05) is 48.0 Å². The monoisotopic (exact) mass is 370 g/mol. The van der Waals surface area contributed by atoms with Crippen LogP contribution in [0, 0.1) is 0 Å². The van der Waals surface area contributed by atoms with E-state index in [0.717, 1.165) is 20.4 Å². The lowest BCUT2D eigenvalue weighted by molar-refractivity contribution is 0.00822. The van der Waals surface area contributed by atoms with Gasteiger partial charge in [0.1, 0.15) is 5.66 Å². The second-order valence-electron chi connectivity index (χ2n) is 6.59. The molecule has 0 bridgehead atoms. The van der Waals surface area contributed by atoms with Crippen LogP contribution in [0.1, 0.15) is 27.7 Å². The van der Waals surface area contributed by atoms with E-state index in [9.17, 15) is 19.2 Å². The molecule has 0 saturated carbocycles. The van der Waals surface area contributed by atoms with Crippen molar-refractivity contribution in [1.82, 2.24) is 24.5 Å². The highest BCUT2D eigenvalue weighted by atomic mass is 16.2. The fourth-order valence-electron chi connectivity index (χ4n) is 1.79. The number of carbonyl (C=O) groups excluding carboxylic acids is 4. The Morgan fingerprint density at radius 2 is 0.923 bits per heavy atom. The summed E-state index contributed by atoms with van der Waals surface area (Å²) in [6.45, 7) is 7.60. The van der Waals surface area contributed by atoms with E-state index in [-0.39, 0.29) is 24.1 Å². The summed E-state index contributed by atoms with van der Waals surface area (Å²) in [5.74, 6) is 0. The first kappa shape index (κ1) is 23.4. The van der Waals surface area contributed by atoms with Crippen LogP contribution in [0.5, 0.6) is 0 Å². The average molecular weight is 370 g/mol. The highest BCUT2D eigenvalue weighted by Gasteiger charge is 2.43. The molecule has 0 aromatic carbocycles. The van der Waals surface area contributed by atoms with Crippen LogP contribution in [0.2, 0.25) is 0 Å². The van der Waals surface area contributed by atoms with E-state index in [2.05, 4.69) is 4.99 Å². The Morgan fingerprint density at radius 3 is 1.12 bits per heavy atom. The van der Waals surface area contributed by atoms with E-state index in [4.69, 9.17) is 0 Å². The molecule has 10 heteroatoms. The van der Waals surface area contributed by atoms with Crippen molar-refractivity contribution >= 4 is 29.8 Å². The second-order valence-corrected chi connectivity index (χ2v) is 6.59. The number of carbonyl (C=O) groups is 4. The largest absolute Gasteiger partial charge is 0.335 e. The van der Waals surface area contributed by atoms with E-state index < -0.39 is 5.66 Å². The van der Waals surface area contributed by atoms with Crippen molar-refractivity contribution < 1.29 is 19.2 Å². The number of nitrogens with zero attached hydrogens (tertiary/aromatic N) is 6. The van der Waals surface area contributed by atoms with Gasteiger partial charge in [0.25, 0.3) is 0 Å². The summed E-state index contributed by atoms with van der Waals surface area (Å²) < 4.78 is 0. The lowest BCUT2D eigenvalue weighted by Gasteiger charge is -2.49. The fourth-order valence-corrected chi connectivity index (χ4v) is 1.79. The third kappa shape index (κ3) is 4.70. The first-order valence-corrected chi connectivity index (χ1v) is 7.96. The number of imide groups is 3. The molecule has 0 unspecified atom stereocenters. The topological polar surface area (TPSA) is 96.8 Å². The molecular formula is C16H30N6O4. The molecule has 2 saturated heterocycles. The lowest BCUT2D eigenvalue weighted by atomic mass is 10.1. The highest BCUT2D eigenvalue weighted by Crippen LogP contribution is 2.24. The number of amides is 8. The van der Waals surface area contributed by atoms with Gasteiger partial charge in [-0.3, -0.25) is 4.99 Å². The minimum absolute atomic E-state index is 0.241. The van der Waals surface area contributed by atoms with E-state index >= 15 is 0 Å². The Hall–Kier alpha value is -2.65. The standard InChI is InChI=1S/C8H15N3O2.C4H6N2O2.C4H9N/c1-8(2)10(4)6(12)9(3)7(13)11(8)5;1-5-3(7)6(2)4(5)8;1-4(2)5-3/h1-5H3;1-2H3;1-3H3. The van der Waals surface area contributed by atoms with Crippen LogP contribution in [-0.2, 0) is 0 Å². The van der Waals surface area contributed by atoms with Gasteiger partial charge in [-0.05, 0) is 27.7 Å². The molecule has 2 aliphatic heterocycles. The van der Waals surface area contributed by atoms with Crippen LogP contribution in [0.3, 0.4) is 0 Å². The van der Waals surface area contributed by atoms with Crippen molar-refractivity contribution in [2.75, 3.05) is 42.3 Å². The Balaban J connectivity index is 0.000000409. The first-order valence-electron chi connectivity index (χ1n) is 7.96. The zero-order valence-corrected chi connectivity index (χ0v) is 17.3. The molecule has 0 N–H and O–H groups in total. The van der Waals surface area contributed by atoms with Gasteiger partial charge in [0.2, 0.25) is 0 Å². The van der Waals surface area contributed by atoms with Gasteiger partial charge < -0.3 is 9.80 Å². The number of hydrogen-bond acceptors (Lipinski definition) is 5. The molecule has 26 heavy (non-hydrogen) atoms. The Bertz CT molecular complexity index is 558. The van der Waals surface area contributed by atoms with Crippen LogP contribution >= 0.6 is 0 Å². The number of rotatable bonds is 0. The molecule has 0 radical (unpaired) electrons. The highest BCUT2D eigenvalue weighted by molar-refractivity contribution is 6.11. The normalized spacial score (nSPS) is 18.6. The lowest BCUT2D eigenvalue weighted by Crippen LogP contribution is -2.68. The molecule has 0 aliphatic carbocycles. The molecule has 2 aliphatic rings. The SMILES string of the molecule is CN1C(=O)N(C)C(C)(C)N(C)C1=O.CN1C(=O)N(C)C1=O.CN=C(C)C. The Morgan fingerprint density at radius 1 is 0.692 bits per heavy atom. The van der Waals surface area contributed by atoms with Gasteiger partial charge in [-0.15, -0.1) is 0 Å². The van der Waals surface area contributed by atoms with Crippen LogP contribution in [0.15, 0.2) is 4.99 Å². The molecule has 10 nitrogen and oxygen atoms in total.